The SMILES string of the molecule is Clc1cccc(CNc2nc(Br)cs2)c1. The predicted molar refractivity (Wildman–Crippen MR) is 68.6 cm³/mol. The summed E-state index contributed by atoms with van der Waals surface area (Å²) >= 11 is 10.8. The molecular weight excluding hydrogens is 296 g/mol. The van der Waals surface area contributed by atoms with Crippen LogP contribution in [0.25, 0.3) is 0 Å². The molecule has 2 aromatic rings. The third-order valence-electron chi connectivity index (χ3n) is 1.81. The van der Waals surface area contributed by atoms with E-state index in [-0.39, 0.29) is 0 Å². The van der Waals surface area contributed by atoms with E-state index in [1.807, 2.05) is 29.6 Å². The van der Waals surface area contributed by atoms with Gasteiger partial charge in [0.2, 0.25) is 0 Å². The van der Waals surface area contributed by atoms with Gasteiger partial charge >= 0.3 is 0 Å². The molecule has 5 heteroatoms. The Hall–Kier alpha value is -0.580. The van der Waals surface area contributed by atoms with Gasteiger partial charge in [-0.3, -0.25) is 0 Å². The number of rotatable bonds is 3. The second-order valence-electron chi connectivity index (χ2n) is 2.96. The summed E-state index contributed by atoms with van der Waals surface area (Å²) in [4.78, 5) is 4.24. The second-order valence-corrected chi connectivity index (χ2v) is 5.07. The van der Waals surface area contributed by atoms with Gasteiger partial charge in [-0.1, -0.05) is 23.7 Å². The maximum Gasteiger partial charge on any atom is 0.184 e. The molecule has 2 nitrogen and oxygen atoms in total. The molecule has 78 valence electrons. The zero-order valence-corrected chi connectivity index (χ0v) is 10.9. The number of hydrogen-bond donors (Lipinski definition) is 1. The van der Waals surface area contributed by atoms with Crippen LogP contribution in [0.5, 0.6) is 0 Å². The van der Waals surface area contributed by atoms with Crippen LogP contribution in [-0.4, -0.2) is 4.98 Å². The van der Waals surface area contributed by atoms with Crippen LogP contribution >= 0.6 is 38.9 Å². The largest absolute Gasteiger partial charge is 0.357 e. The average molecular weight is 304 g/mol. The third-order valence-corrected chi connectivity index (χ3v) is 3.55. The number of nitrogens with one attached hydrogen (secondary N) is 1. The third kappa shape index (κ3) is 3.19. The van der Waals surface area contributed by atoms with Crippen molar-refractivity contribution in [2.45, 2.75) is 6.54 Å². The van der Waals surface area contributed by atoms with Crippen molar-refractivity contribution >= 4 is 44.0 Å². The molecule has 0 radical (unpaired) electrons. The van der Waals surface area contributed by atoms with Gasteiger partial charge in [-0.25, -0.2) is 4.98 Å². The van der Waals surface area contributed by atoms with E-state index in [2.05, 4.69) is 26.2 Å². The number of hydrogen-bond acceptors (Lipinski definition) is 3. The first-order valence-corrected chi connectivity index (χ1v) is 6.38. The maximum atomic E-state index is 5.88. The minimum absolute atomic E-state index is 0.737. The van der Waals surface area contributed by atoms with Crippen LogP contribution in [0, 0.1) is 0 Å². The van der Waals surface area contributed by atoms with Crippen molar-refractivity contribution in [1.82, 2.24) is 4.98 Å². The zero-order chi connectivity index (χ0) is 10.7. The Morgan fingerprint density at radius 3 is 3.00 bits per heavy atom. The molecule has 0 aliphatic carbocycles. The molecule has 1 heterocycles. The quantitative estimate of drug-likeness (QED) is 0.920. The highest BCUT2D eigenvalue weighted by molar-refractivity contribution is 9.10. The molecular formula is C10H8BrClN2S. The van der Waals surface area contributed by atoms with Crippen LogP contribution in [0.15, 0.2) is 34.2 Å². The van der Waals surface area contributed by atoms with Gasteiger partial charge < -0.3 is 5.32 Å². The van der Waals surface area contributed by atoms with E-state index in [1.54, 1.807) is 11.3 Å². The summed E-state index contributed by atoms with van der Waals surface area (Å²) in [6.45, 7) is 0.737. The first-order valence-electron chi connectivity index (χ1n) is 4.33. The molecule has 0 atom stereocenters. The van der Waals surface area contributed by atoms with E-state index in [1.165, 1.54) is 0 Å². The predicted octanol–water partition coefficient (Wildman–Crippen LogP) is 4.17. The van der Waals surface area contributed by atoms with Crippen molar-refractivity contribution < 1.29 is 0 Å². The molecule has 0 unspecified atom stereocenters. The van der Waals surface area contributed by atoms with Gasteiger partial charge in [0.05, 0.1) is 0 Å². The van der Waals surface area contributed by atoms with Gasteiger partial charge in [-0.05, 0) is 33.6 Å². The molecule has 1 aromatic heterocycles. The molecule has 1 N–H and O–H groups in total. The van der Waals surface area contributed by atoms with E-state index in [9.17, 15) is 0 Å². The van der Waals surface area contributed by atoms with Crippen LogP contribution in [-0.2, 0) is 6.54 Å². The lowest BCUT2D eigenvalue weighted by Crippen LogP contribution is -1.98. The van der Waals surface area contributed by atoms with Gasteiger partial charge in [-0.2, -0.15) is 0 Å². The van der Waals surface area contributed by atoms with Crippen LogP contribution in [0.3, 0.4) is 0 Å². The number of halogens is 2. The minimum atomic E-state index is 0.737. The van der Waals surface area contributed by atoms with Gasteiger partial charge in [0.1, 0.15) is 4.60 Å². The van der Waals surface area contributed by atoms with Gasteiger partial charge in [0.25, 0.3) is 0 Å². The average Bonchev–Trinajstić information content (AvgIpc) is 2.62. The van der Waals surface area contributed by atoms with Crippen molar-refractivity contribution in [1.29, 1.82) is 0 Å². The summed E-state index contributed by atoms with van der Waals surface area (Å²) in [7, 11) is 0. The Kier molecular flexibility index (Phi) is 3.61. The Balaban J connectivity index is 1.99. The van der Waals surface area contributed by atoms with Crippen molar-refractivity contribution in [3.63, 3.8) is 0 Å². The normalized spacial score (nSPS) is 10.3. The maximum absolute atomic E-state index is 5.88. The van der Waals surface area contributed by atoms with E-state index in [0.717, 1.165) is 26.9 Å². The van der Waals surface area contributed by atoms with Crippen molar-refractivity contribution in [2.24, 2.45) is 0 Å². The first kappa shape index (κ1) is 10.9. The molecule has 15 heavy (non-hydrogen) atoms. The lowest BCUT2D eigenvalue weighted by molar-refractivity contribution is 1.13. The van der Waals surface area contributed by atoms with Crippen molar-refractivity contribution in [3.8, 4) is 0 Å². The van der Waals surface area contributed by atoms with Gasteiger partial charge in [0.15, 0.2) is 5.13 Å². The molecule has 0 aliphatic rings. The molecule has 0 aliphatic heterocycles. The fourth-order valence-electron chi connectivity index (χ4n) is 1.16. The topological polar surface area (TPSA) is 24.9 Å². The standard InChI is InChI=1S/C10H8BrClN2S/c11-9-6-15-10(14-9)13-5-7-2-1-3-8(12)4-7/h1-4,6H,5H2,(H,13,14). The monoisotopic (exact) mass is 302 g/mol. The van der Waals surface area contributed by atoms with Crippen LogP contribution < -0.4 is 5.32 Å². The smallest absolute Gasteiger partial charge is 0.184 e. The molecule has 0 amide bonds. The summed E-state index contributed by atoms with van der Waals surface area (Å²) in [6, 6.07) is 7.78. The lowest BCUT2D eigenvalue weighted by Gasteiger charge is -2.02. The van der Waals surface area contributed by atoms with E-state index >= 15 is 0 Å². The molecule has 0 saturated heterocycles. The summed E-state index contributed by atoms with van der Waals surface area (Å²) in [5, 5.41) is 6.84. The number of benzene rings is 1. The number of nitrogens with zero attached hydrogens (tertiary/aromatic N) is 1. The molecule has 2 rings (SSSR count). The van der Waals surface area contributed by atoms with Crippen LogP contribution in [0.1, 0.15) is 5.56 Å². The molecule has 0 saturated carbocycles. The minimum Gasteiger partial charge on any atom is -0.357 e. The molecule has 1 aromatic carbocycles. The Morgan fingerprint density at radius 1 is 1.47 bits per heavy atom. The lowest BCUT2D eigenvalue weighted by atomic mass is 10.2. The molecule has 0 fully saturated rings. The van der Waals surface area contributed by atoms with Crippen molar-refractivity contribution in [3.05, 3.63) is 44.8 Å². The van der Waals surface area contributed by atoms with E-state index < -0.39 is 0 Å². The highest BCUT2D eigenvalue weighted by Gasteiger charge is 1.99. The van der Waals surface area contributed by atoms with E-state index in [4.69, 9.17) is 11.6 Å². The summed E-state index contributed by atoms with van der Waals surface area (Å²) in [6.07, 6.45) is 0. The highest BCUT2D eigenvalue weighted by atomic mass is 79.9. The van der Waals surface area contributed by atoms with Crippen LogP contribution in [0.2, 0.25) is 5.02 Å². The Labute approximate surface area is 105 Å². The number of anilines is 1. The van der Waals surface area contributed by atoms with Crippen LogP contribution in [0.4, 0.5) is 5.13 Å². The summed E-state index contributed by atoms with van der Waals surface area (Å²) < 4.78 is 0.862. The van der Waals surface area contributed by atoms with Gasteiger partial charge in [-0.15, -0.1) is 11.3 Å². The Morgan fingerprint density at radius 2 is 2.33 bits per heavy atom. The number of aromatic nitrogens is 1. The van der Waals surface area contributed by atoms with Crippen molar-refractivity contribution in [2.75, 3.05) is 5.32 Å². The summed E-state index contributed by atoms with van der Waals surface area (Å²) in [5.41, 5.74) is 1.15. The Bertz CT molecular complexity index is 458. The highest BCUT2D eigenvalue weighted by Crippen LogP contribution is 2.20. The fourth-order valence-corrected chi connectivity index (χ4v) is 2.52. The summed E-state index contributed by atoms with van der Waals surface area (Å²) in [5.74, 6) is 0. The molecule has 0 bridgehead atoms. The second kappa shape index (κ2) is 4.96. The molecule has 0 spiro atoms. The first-order chi connectivity index (χ1) is 7.24. The van der Waals surface area contributed by atoms with Gasteiger partial charge in [0, 0.05) is 16.9 Å². The van der Waals surface area contributed by atoms with E-state index in [0.29, 0.717) is 0 Å². The number of thiazole rings is 1. The fraction of sp³-hybridized carbons (Fsp3) is 0.100. The zero-order valence-electron chi connectivity index (χ0n) is 7.71.